The van der Waals surface area contributed by atoms with Gasteiger partial charge in [0.15, 0.2) is 0 Å². The number of hydrogen-bond donors (Lipinski definition) is 2. The molecule has 3 aromatic rings. The molecule has 4 rings (SSSR count). The standard InChI is InChI=1S/C19H22N4/c1-15-6-5-11-23-17(14-22-12-9-20-10-13-22)18(21-19(15)23)16-7-3-2-4-8-16/h2-8,11,20H,9-10,12-14H2,1H3/p+2. The smallest absolute Gasteiger partial charge is 0.140 e. The molecule has 3 N–H and O–H groups in total. The highest BCUT2D eigenvalue weighted by Crippen LogP contribution is 2.25. The van der Waals surface area contributed by atoms with Crippen molar-refractivity contribution in [1.82, 2.24) is 9.38 Å². The Labute approximate surface area is 136 Å². The Bertz CT molecular complexity index is 801. The number of aryl methyl sites for hydroxylation is 1. The zero-order chi connectivity index (χ0) is 15.6. The van der Waals surface area contributed by atoms with Crippen molar-refractivity contribution in [2.24, 2.45) is 0 Å². The lowest BCUT2D eigenvalue weighted by Gasteiger charge is -2.22. The molecule has 0 bridgehead atoms. The predicted molar refractivity (Wildman–Crippen MR) is 91.4 cm³/mol. The van der Waals surface area contributed by atoms with E-state index in [0.29, 0.717) is 0 Å². The lowest BCUT2D eigenvalue weighted by Crippen LogP contribution is -3.19. The number of nitrogens with two attached hydrogens (primary N) is 1. The topological polar surface area (TPSA) is 38.4 Å². The molecule has 1 aromatic carbocycles. The number of piperazine rings is 1. The molecule has 0 spiro atoms. The first-order chi connectivity index (χ1) is 11.3. The van der Waals surface area contributed by atoms with Gasteiger partial charge in [-0.3, -0.25) is 4.40 Å². The van der Waals surface area contributed by atoms with Gasteiger partial charge in [0.1, 0.15) is 44.1 Å². The number of nitrogens with one attached hydrogen (secondary N) is 1. The minimum atomic E-state index is 1.04. The average Bonchev–Trinajstić information content (AvgIpc) is 2.97. The third kappa shape index (κ3) is 2.76. The lowest BCUT2D eigenvalue weighted by atomic mass is 10.1. The fourth-order valence-corrected chi connectivity index (χ4v) is 3.54. The molecule has 23 heavy (non-hydrogen) atoms. The number of hydrogen-bond acceptors (Lipinski definition) is 1. The van der Waals surface area contributed by atoms with E-state index >= 15 is 0 Å². The molecule has 2 aromatic heterocycles. The Hall–Kier alpha value is -2.17. The molecule has 1 saturated heterocycles. The molecule has 118 valence electrons. The summed E-state index contributed by atoms with van der Waals surface area (Å²) in [6.45, 7) is 8.10. The third-order valence-electron chi connectivity index (χ3n) is 4.81. The van der Waals surface area contributed by atoms with Crippen LogP contribution in [0.4, 0.5) is 0 Å². The van der Waals surface area contributed by atoms with E-state index in [1.807, 2.05) is 0 Å². The van der Waals surface area contributed by atoms with Crippen LogP contribution in [0.15, 0.2) is 48.7 Å². The van der Waals surface area contributed by atoms with Crippen LogP contribution in [-0.2, 0) is 6.54 Å². The Morgan fingerprint density at radius 1 is 1.09 bits per heavy atom. The molecule has 1 fully saturated rings. The highest BCUT2D eigenvalue weighted by molar-refractivity contribution is 5.67. The Morgan fingerprint density at radius 2 is 1.87 bits per heavy atom. The summed E-state index contributed by atoms with van der Waals surface area (Å²) in [5.74, 6) is 0. The van der Waals surface area contributed by atoms with Gasteiger partial charge in [-0.2, -0.15) is 0 Å². The molecule has 1 aliphatic rings. The van der Waals surface area contributed by atoms with Crippen LogP contribution in [-0.4, -0.2) is 35.6 Å². The second kappa shape index (κ2) is 6.14. The van der Waals surface area contributed by atoms with Gasteiger partial charge >= 0.3 is 0 Å². The molecule has 3 heterocycles. The minimum absolute atomic E-state index is 1.04. The quantitative estimate of drug-likeness (QED) is 0.716. The van der Waals surface area contributed by atoms with Crippen molar-refractivity contribution in [3.63, 3.8) is 0 Å². The second-order valence-corrected chi connectivity index (χ2v) is 6.45. The monoisotopic (exact) mass is 308 g/mol. The highest BCUT2D eigenvalue weighted by atomic mass is 15.2. The zero-order valence-corrected chi connectivity index (χ0v) is 13.6. The van der Waals surface area contributed by atoms with Crippen LogP contribution < -0.4 is 10.2 Å². The molecule has 0 saturated carbocycles. The van der Waals surface area contributed by atoms with Crippen molar-refractivity contribution in [3.8, 4) is 11.3 Å². The van der Waals surface area contributed by atoms with E-state index < -0.39 is 0 Å². The molecular formula is C19H24N4+2. The first-order valence-corrected chi connectivity index (χ1v) is 8.50. The summed E-state index contributed by atoms with van der Waals surface area (Å²) in [5.41, 5.74) is 6.02. The fraction of sp³-hybridized carbons (Fsp3) is 0.316. The number of aromatic nitrogens is 2. The van der Waals surface area contributed by atoms with E-state index in [1.54, 1.807) is 4.90 Å². The summed E-state index contributed by atoms with van der Waals surface area (Å²) in [4.78, 5) is 6.65. The first kappa shape index (κ1) is 14.4. The molecule has 0 radical (unpaired) electrons. The van der Waals surface area contributed by atoms with Crippen LogP contribution in [0.3, 0.4) is 0 Å². The number of quaternary nitrogens is 2. The van der Waals surface area contributed by atoms with E-state index in [4.69, 9.17) is 4.98 Å². The fourth-order valence-electron chi connectivity index (χ4n) is 3.54. The molecule has 0 unspecified atom stereocenters. The number of nitrogens with zero attached hydrogens (tertiary/aromatic N) is 2. The lowest BCUT2D eigenvalue weighted by molar-refractivity contribution is -0.958. The van der Waals surface area contributed by atoms with Crippen LogP contribution in [0.5, 0.6) is 0 Å². The molecule has 4 heteroatoms. The Kier molecular flexibility index (Phi) is 3.85. The van der Waals surface area contributed by atoms with E-state index in [9.17, 15) is 0 Å². The van der Waals surface area contributed by atoms with Crippen molar-refractivity contribution in [2.45, 2.75) is 13.5 Å². The van der Waals surface area contributed by atoms with Crippen LogP contribution in [0, 0.1) is 6.92 Å². The van der Waals surface area contributed by atoms with Gasteiger partial charge in [0.25, 0.3) is 0 Å². The van der Waals surface area contributed by atoms with Gasteiger partial charge in [-0.25, -0.2) is 4.98 Å². The zero-order valence-electron chi connectivity index (χ0n) is 13.6. The van der Waals surface area contributed by atoms with Gasteiger partial charge in [-0.15, -0.1) is 0 Å². The number of benzene rings is 1. The second-order valence-electron chi connectivity index (χ2n) is 6.45. The van der Waals surface area contributed by atoms with Crippen LogP contribution >= 0.6 is 0 Å². The summed E-state index contributed by atoms with van der Waals surface area (Å²) in [6, 6.07) is 14.9. The minimum Gasteiger partial charge on any atom is -0.337 e. The van der Waals surface area contributed by atoms with Crippen molar-refractivity contribution in [3.05, 3.63) is 59.9 Å². The summed E-state index contributed by atoms with van der Waals surface area (Å²) >= 11 is 0. The van der Waals surface area contributed by atoms with Crippen LogP contribution in [0.25, 0.3) is 16.9 Å². The van der Waals surface area contributed by atoms with Gasteiger partial charge in [0, 0.05) is 11.8 Å². The third-order valence-corrected chi connectivity index (χ3v) is 4.81. The molecule has 4 nitrogen and oxygen atoms in total. The number of imidazole rings is 1. The molecule has 0 amide bonds. The van der Waals surface area contributed by atoms with Crippen molar-refractivity contribution in [1.29, 1.82) is 0 Å². The van der Waals surface area contributed by atoms with E-state index in [0.717, 1.165) is 17.9 Å². The van der Waals surface area contributed by atoms with Gasteiger partial charge in [-0.1, -0.05) is 36.4 Å². The summed E-state index contributed by atoms with van der Waals surface area (Å²) < 4.78 is 2.29. The number of rotatable bonds is 3. The Morgan fingerprint density at radius 3 is 2.65 bits per heavy atom. The van der Waals surface area contributed by atoms with Gasteiger partial charge in [-0.05, 0) is 18.6 Å². The molecule has 0 aliphatic carbocycles. The normalized spacial score (nSPS) is 16.0. The van der Waals surface area contributed by atoms with Gasteiger partial charge in [0.05, 0.1) is 5.69 Å². The summed E-state index contributed by atoms with van der Waals surface area (Å²) in [6.07, 6.45) is 2.16. The first-order valence-electron chi connectivity index (χ1n) is 8.50. The highest BCUT2D eigenvalue weighted by Gasteiger charge is 2.22. The Balaban J connectivity index is 1.83. The summed E-state index contributed by atoms with van der Waals surface area (Å²) in [7, 11) is 0. The van der Waals surface area contributed by atoms with Crippen LogP contribution in [0.2, 0.25) is 0 Å². The number of fused-ring (bicyclic) bond motifs is 1. The van der Waals surface area contributed by atoms with Crippen molar-refractivity contribution < 1.29 is 10.2 Å². The van der Waals surface area contributed by atoms with E-state index in [2.05, 4.69) is 65.3 Å². The maximum atomic E-state index is 4.99. The molecule has 1 aliphatic heterocycles. The maximum Gasteiger partial charge on any atom is 0.140 e. The van der Waals surface area contributed by atoms with Crippen LogP contribution in [0.1, 0.15) is 11.3 Å². The van der Waals surface area contributed by atoms with Crippen molar-refractivity contribution >= 4 is 5.65 Å². The SMILES string of the molecule is Cc1cccn2c(C[NH+]3CC[NH2+]CC3)c(-c3ccccc3)nc12. The summed E-state index contributed by atoms with van der Waals surface area (Å²) in [5, 5.41) is 2.42. The van der Waals surface area contributed by atoms with Gasteiger partial charge in [0.2, 0.25) is 0 Å². The predicted octanol–water partition coefficient (Wildman–Crippen LogP) is 0.272. The molecule has 0 atom stereocenters. The van der Waals surface area contributed by atoms with E-state index in [-0.39, 0.29) is 0 Å². The largest absolute Gasteiger partial charge is 0.337 e. The van der Waals surface area contributed by atoms with Gasteiger partial charge < -0.3 is 10.2 Å². The maximum absolute atomic E-state index is 4.99. The number of pyridine rings is 1. The molecular weight excluding hydrogens is 284 g/mol. The van der Waals surface area contributed by atoms with E-state index in [1.165, 1.54) is 43.0 Å². The average molecular weight is 308 g/mol. The van der Waals surface area contributed by atoms with Crippen molar-refractivity contribution in [2.75, 3.05) is 26.2 Å².